The molecule has 2 unspecified atom stereocenters. The van der Waals surface area contributed by atoms with Gasteiger partial charge in [-0.2, -0.15) is 0 Å². The third kappa shape index (κ3) is 2.93. The first-order valence-electron chi connectivity index (χ1n) is 4.03. The summed E-state index contributed by atoms with van der Waals surface area (Å²) in [6.45, 7) is 5.07. The van der Waals surface area contributed by atoms with Crippen molar-refractivity contribution in [3.8, 4) is 0 Å². The summed E-state index contributed by atoms with van der Waals surface area (Å²) in [4.78, 5) is 11.3. The second-order valence-electron chi connectivity index (χ2n) is 3.18. The van der Waals surface area contributed by atoms with Gasteiger partial charge in [0.1, 0.15) is 5.25 Å². The molecular formula is C8H16O3S. The Hall–Kier alpha value is -0.380. The molecule has 4 heteroatoms. The molecule has 0 rings (SSSR count). The summed E-state index contributed by atoms with van der Waals surface area (Å²) < 4.78 is 21.9. The molecule has 0 aliphatic rings. The molecule has 0 saturated carbocycles. The van der Waals surface area contributed by atoms with Crippen LogP contribution < -0.4 is 0 Å². The van der Waals surface area contributed by atoms with Crippen LogP contribution in [0.25, 0.3) is 0 Å². The standard InChI is InChI=1S/C8H16O3S/c1-5-6(2)8(9)7(3)12(4,10)11/h6-7H,5H2,1-4H3. The smallest absolute Gasteiger partial charge is 0.157 e. The maximum Gasteiger partial charge on any atom is 0.157 e. The minimum atomic E-state index is -3.21. The fourth-order valence-corrected chi connectivity index (χ4v) is 1.47. The largest absolute Gasteiger partial charge is 0.298 e. The quantitative estimate of drug-likeness (QED) is 0.668. The van der Waals surface area contributed by atoms with Gasteiger partial charge in [-0.05, 0) is 13.3 Å². The Morgan fingerprint density at radius 2 is 1.75 bits per heavy atom. The van der Waals surface area contributed by atoms with Crippen LogP contribution in [0.4, 0.5) is 0 Å². The van der Waals surface area contributed by atoms with Crippen LogP contribution in [0.3, 0.4) is 0 Å². The lowest BCUT2D eigenvalue weighted by Gasteiger charge is -2.12. The summed E-state index contributed by atoms with van der Waals surface area (Å²) >= 11 is 0. The van der Waals surface area contributed by atoms with E-state index in [-0.39, 0.29) is 11.7 Å². The number of sulfone groups is 1. The summed E-state index contributed by atoms with van der Waals surface area (Å²) in [6.07, 6.45) is 1.79. The Balaban J connectivity index is 4.52. The molecule has 2 atom stereocenters. The van der Waals surface area contributed by atoms with Gasteiger partial charge in [-0.3, -0.25) is 4.79 Å². The summed E-state index contributed by atoms with van der Waals surface area (Å²) in [5.41, 5.74) is 0. The third-order valence-corrected chi connectivity index (χ3v) is 3.66. The van der Waals surface area contributed by atoms with E-state index >= 15 is 0 Å². The lowest BCUT2D eigenvalue weighted by atomic mass is 10.0. The number of carbonyl (C=O) groups excluding carboxylic acids is 1. The third-order valence-electron chi connectivity index (χ3n) is 2.14. The Labute approximate surface area is 74.1 Å². The zero-order valence-electron chi connectivity index (χ0n) is 7.99. The lowest BCUT2D eigenvalue weighted by Crippen LogP contribution is -2.30. The van der Waals surface area contributed by atoms with Crippen molar-refractivity contribution in [3.05, 3.63) is 0 Å². The molecule has 0 radical (unpaired) electrons. The average Bonchev–Trinajstić information content (AvgIpc) is 1.98. The van der Waals surface area contributed by atoms with Crippen LogP contribution in [0, 0.1) is 5.92 Å². The maximum absolute atomic E-state index is 11.3. The van der Waals surface area contributed by atoms with E-state index < -0.39 is 15.1 Å². The Morgan fingerprint density at radius 3 is 2.00 bits per heavy atom. The molecule has 0 bridgehead atoms. The summed E-state index contributed by atoms with van der Waals surface area (Å²) in [5.74, 6) is -0.338. The van der Waals surface area contributed by atoms with Crippen molar-refractivity contribution in [1.82, 2.24) is 0 Å². The van der Waals surface area contributed by atoms with Crippen molar-refractivity contribution in [2.45, 2.75) is 32.4 Å². The van der Waals surface area contributed by atoms with E-state index in [4.69, 9.17) is 0 Å². The summed E-state index contributed by atoms with van der Waals surface area (Å²) in [6, 6.07) is 0. The number of carbonyl (C=O) groups is 1. The number of hydrogen-bond acceptors (Lipinski definition) is 3. The molecule has 0 aromatic rings. The molecule has 0 aromatic carbocycles. The highest BCUT2D eigenvalue weighted by Gasteiger charge is 2.26. The second kappa shape index (κ2) is 4.03. The predicted octanol–water partition coefficient (Wildman–Crippen LogP) is 1.03. The molecule has 0 fully saturated rings. The highest BCUT2D eigenvalue weighted by atomic mass is 32.2. The number of ketones is 1. The molecule has 0 aliphatic carbocycles. The fourth-order valence-electron chi connectivity index (χ4n) is 0.813. The Morgan fingerprint density at radius 1 is 1.33 bits per heavy atom. The lowest BCUT2D eigenvalue weighted by molar-refractivity contribution is -0.121. The number of Topliss-reactive ketones (excluding diaryl/α,β-unsaturated/α-hetero) is 1. The SMILES string of the molecule is CCC(C)C(=O)C(C)S(C)(=O)=O. The van der Waals surface area contributed by atoms with Crippen LogP contribution in [0.5, 0.6) is 0 Å². The number of rotatable bonds is 4. The van der Waals surface area contributed by atoms with Crippen LogP contribution in [-0.2, 0) is 14.6 Å². The van der Waals surface area contributed by atoms with E-state index in [1.807, 2.05) is 6.92 Å². The monoisotopic (exact) mass is 192 g/mol. The predicted molar refractivity (Wildman–Crippen MR) is 48.8 cm³/mol. The van der Waals surface area contributed by atoms with E-state index in [9.17, 15) is 13.2 Å². The van der Waals surface area contributed by atoms with Gasteiger partial charge >= 0.3 is 0 Å². The first-order chi connectivity index (χ1) is 5.30. The van der Waals surface area contributed by atoms with E-state index in [2.05, 4.69) is 0 Å². The first kappa shape index (κ1) is 11.6. The zero-order valence-corrected chi connectivity index (χ0v) is 8.81. The fraction of sp³-hybridized carbons (Fsp3) is 0.875. The first-order valence-corrected chi connectivity index (χ1v) is 5.98. The van der Waals surface area contributed by atoms with Gasteiger partial charge in [-0.25, -0.2) is 8.42 Å². The Bertz CT molecular complexity index is 253. The van der Waals surface area contributed by atoms with Crippen LogP contribution >= 0.6 is 0 Å². The van der Waals surface area contributed by atoms with Crippen LogP contribution in [-0.4, -0.2) is 25.7 Å². The van der Waals surface area contributed by atoms with Crippen LogP contribution in [0.15, 0.2) is 0 Å². The van der Waals surface area contributed by atoms with Crippen molar-refractivity contribution < 1.29 is 13.2 Å². The van der Waals surface area contributed by atoms with Gasteiger partial charge in [-0.15, -0.1) is 0 Å². The van der Waals surface area contributed by atoms with Gasteiger partial charge < -0.3 is 0 Å². The second-order valence-corrected chi connectivity index (χ2v) is 5.55. The zero-order chi connectivity index (χ0) is 9.94. The summed E-state index contributed by atoms with van der Waals surface area (Å²) in [7, 11) is -3.21. The molecule has 12 heavy (non-hydrogen) atoms. The van der Waals surface area contributed by atoms with Gasteiger partial charge in [0.05, 0.1) is 0 Å². The van der Waals surface area contributed by atoms with Crippen molar-refractivity contribution >= 4 is 15.6 Å². The summed E-state index contributed by atoms with van der Waals surface area (Å²) in [5, 5.41) is -0.854. The van der Waals surface area contributed by atoms with Crippen LogP contribution in [0.2, 0.25) is 0 Å². The van der Waals surface area contributed by atoms with Gasteiger partial charge in [-0.1, -0.05) is 13.8 Å². The molecule has 0 N–H and O–H groups in total. The highest BCUT2D eigenvalue weighted by molar-refractivity contribution is 7.92. The van der Waals surface area contributed by atoms with Crippen molar-refractivity contribution in [3.63, 3.8) is 0 Å². The van der Waals surface area contributed by atoms with Gasteiger partial charge in [0.2, 0.25) is 0 Å². The molecule has 3 nitrogen and oxygen atoms in total. The molecule has 0 heterocycles. The van der Waals surface area contributed by atoms with Gasteiger partial charge in [0, 0.05) is 12.2 Å². The van der Waals surface area contributed by atoms with Crippen LogP contribution in [0.1, 0.15) is 27.2 Å². The number of hydrogen-bond donors (Lipinski definition) is 0. The minimum absolute atomic E-state index is 0.158. The maximum atomic E-state index is 11.3. The van der Waals surface area contributed by atoms with E-state index in [0.717, 1.165) is 6.26 Å². The van der Waals surface area contributed by atoms with Gasteiger partial charge in [0.25, 0.3) is 0 Å². The average molecular weight is 192 g/mol. The molecule has 72 valence electrons. The molecule has 0 aromatic heterocycles. The molecule has 0 spiro atoms. The minimum Gasteiger partial charge on any atom is -0.298 e. The van der Waals surface area contributed by atoms with Gasteiger partial charge in [0.15, 0.2) is 15.6 Å². The molecule has 0 amide bonds. The van der Waals surface area contributed by atoms with Crippen molar-refractivity contribution in [2.24, 2.45) is 5.92 Å². The highest BCUT2D eigenvalue weighted by Crippen LogP contribution is 2.10. The molecule has 0 saturated heterocycles. The Kier molecular flexibility index (Phi) is 3.90. The van der Waals surface area contributed by atoms with E-state index in [1.165, 1.54) is 6.92 Å². The molecule has 0 aliphatic heterocycles. The molecular weight excluding hydrogens is 176 g/mol. The van der Waals surface area contributed by atoms with E-state index in [1.54, 1.807) is 6.92 Å². The van der Waals surface area contributed by atoms with Crippen molar-refractivity contribution in [1.29, 1.82) is 0 Å². The van der Waals surface area contributed by atoms with Crippen molar-refractivity contribution in [2.75, 3.05) is 6.26 Å². The van der Waals surface area contributed by atoms with E-state index in [0.29, 0.717) is 6.42 Å². The normalized spacial score (nSPS) is 17.0. The topological polar surface area (TPSA) is 51.2 Å².